The number of hydrogen-bond donors (Lipinski definition) is 1. The number of rotatable bonds is 0. The maximum Gasteiger partial charge on any atom is 0.0750 e. The molecule has 1 unspecified atom stereocenters. The number of ether oxygens (including phenoxy) is 1. The molecule has 0 bridgehead atoms. The fourth-order valence-corrected chi connectivity index (χ4v) is 1.71. The van der Waals surface area contributed by atoms with Crippen LogP contribution in [-0.2, 0) is 4.74 Å². The van der Waals surface area contributed by atoms with Gasteiger partial charge in [-0.25, -0.2) is 0 Å². The second-order valence-electron chi connectivity index (χ2n) is 5.70. The molecule has 2 nitrogen and oxygen atoms in total. The monoisotopic (exact) mass is 185 g/mol. The number of nitrogens with one attached hydrogen (secondary N) is 1. The number of hydrogen-bond acceptors (Lipinski definition) is 2. The first-order valence-electron chi connectivity index (χ1n) is 5.19. The smallest absolute Gasteiger partial charge is 0.0750 e. The molecule has 0 saturated carbocycles. The molecule has 1 atom stereocenters. The summed E-state index contributed by atoms with van der Waals surface area (Å²) in [5, 5.41) is 3.59. The van der Waals surface area contributed by atoms with Crippen LogP contribution in [0.1, 0.15) is 41.0 Å². The molecular formula is C11H23NO. The highest BCUT2D eigenvalue weighted by molar-refractivity contribution is 4.86. The predicted molar refractivity (Wildman–Crippen MR) is 55.9 cm³/mol. The van der Waals surface area contributed by atoms with Crippen LogP contribution in [0, 0.1) is 5.41 Å². The molecule has 0 aromatic rings. The van der Waals surface area contributed by atoms with Crippen molar-refractivity contribution in [2.24, 2.45) is 5.41 Å². The van der Waals surface area contributed by atoms with Gasteiger partial charge in [-0.15, -0.1) is 0 Å². The molecule has 1 heterocycles. The molecule has 0 aromatic heterocycles. The summed E-state index contributed by atoms with van der Waals surface area (Å²) in [6, 6.07) is 0.578. The van der Waals surface area contributed by atoms with E-state index in [2.05, 4.69) is 39.9 Å². The van der Waals surface area contributed by atoms with Crippen molar-refractivity contribution < 1.29 is 4.74 Å². The average Bonchev–Trinajstić information content (AvgIpc) is 2.08. The van der Waals surface area contributed by atoms with Gasteiger partial charge in [0.2, 0.25) is 0 Å². The Morgan fingerprint density at radius 3 is 2.46 bits per heavy atom. The zero-order valence-electron chi connectivity index (χ0n) is 9.61. The van der Waals surface area contributed by atoms with Crippen molar-refractivity contribution in [2.45, 2.75) is 52.7 Å². The van der Waals surface area contributed by atoms with Crippen LogP contribution in [0.3, 0.4) is 0 Å². The van der Waals surface area contributed by atoms with E-state index >= 15 is 0 Å². The van der Waals surface area contributed by atoms with E-state index in [4.69, 9.17) is 4.74 Å². The summed E-state index contributed by atoms with van der Waals surface area (Å²) < 4.78 is 5.75. The first-order chi connectivity index (χ1) is 5.81. The van der Waals surface area contributed by atoms with Crippen molar-refractivity contribution >= 4 is 0 Å². The van der Waals surface area contributed by atoms with Gasteiger partial charge in [0.25, 0.3) is 0 Å². The highest BCUT2D eigenvalue weighted by atomic mass is 16.5. The van der Waals surface area contributed by atoms with Gasteiger partial charge < -0.3 is 10.1 Å². The van der Waals surface area contributed by atoms with Gasteiger partial charge in [0, 0.05) is 19.2 Å². The Morgan fingerprint density at radius 2 is 1.92 bits per heavy atom. The van der Waals surface area contributed by atoms with Gasteiger partial charge in [-0.3, -0.25) is 0 Å². The third-order valence-electron chi connectivity index (χ3n) is 2.72. The summed E-state index contributed by atoms with van der Waals surface area (Å²) >= 11 is 0. The first-order valence-corrected chi connectivity index (χ1v) is 5.19. The predicted octanol–water partition coefficient (Wildman–Crippen LogP) is 2.19. The summed E-state index contributed by atoms with van der Waals surface area (Å²) in [5.41, 5.74) is 0.337. The standard InChI is InChI=1S/C11H23NO/c1-10(2,3)9-6-7-13-11(4,5)8-12-9/h9,12H,6-8H2,1-5H3. The van der Waals surface area contributed by atoms with E-state index < -0.39 is 0 Å². The van der Waals surface area contributed by atoms with Gasteiger partial charge in [0.1, 0.15) is 0 Å². The van der Waals surface area contributed by atoms with Crippen LogP contribution in [0.25, 0.3) is 0 Å². The minimum Gasteiger partial charge on any atom is -0.374 e. The van der Waals surface area contributed by atoms with Crippen molar-refractivity contribution in [1.29, 1.82) is 0 Å². The van der Waals surface area contributed by atoms with Gasteiger partial charge in [-0.2, -0.15) is 0 Å². The van der Waals surface area contributed by atoms with E-state index in [1.54, 1.807) is 0 Å². The van der Waals surface area contributed by atoms with Crippen molar-refractivity contribution in [3.05, 3.63) is 0 Å². The van der Waals surface area contributed by atoms with E-state index in [9.17, 15) is 0 Å². The highest BCUT2D eigenvalue weighted by Crippen LogP contribution is 2.25. The minimum atomic E-state index is 0. The van der Waals surface area contributed by atoms with Crippen molar-refractivity contribution in [3.63, 3.8) is 0 Å². The SMILES string of the molecule is CC1(C)CNC(C(C)(C)C)CCO1. The third kappa shape index (κ3) is 3.28. The molecule has 0 aliphatic carbocycles. The Labute approximate surface area is 82.0 Å². The van der Waals surface area contributed by atoms with Crippen LogP contribution in [0.15, 0.2) is 0 Å². The van der Waals surface area contributed by atoms with Crippen LogP contribution < -0.4 is 5.32 Å². The largest absolute Gasteiger partial charge is 0.374 e. The van der Waals surface area contributed by atoms with Crippen molar-refractivity contribution in [3.8, 4) is 0 Å². The molecule has 0 radical (unpaired) electrons. The van der Waals surface area contributed by atoms with E-state index in [1.807, 2.05) is 0 Å². The van der Waals surface area contributed by atoms with Gasteiger partial charge in [-0.05, 0) is 25.7 Å². The first kappa shape index (κ1) is 11.0. The van der Waals surface area contributed by atoms with Gasteiger partial charge in [-0.1, -0.05) is 20.8 Å². The van der Waals surface area contributed by atoms with E-state index in [-0.39, 0.29) is 5.60 Å². The Bertz CT molecular complexity index is 169. The molecule has 78 valence electrons. The van der Waals surface area contributed by atoms with Gasteiger partial charge in [0.15, 0.2) is 0 Å². The van der Waals surface area contributed by atoms with Crippen LogP contribution >= 0.6 is 0 Å². The lowest BCUT2D eigenvalue weighted by Crippen LogP contribution is -2.44. The molecule has 0 amide bonds. The summed E-state index contributed by atoms with van der Waals surface area (Å²) in [7, 11) is 0. The zero-order chi connectivity index (χ0) is 10.1. The van der Waals surface area contributed by atoms with E-state index in [0.717, 1.165) is 19.6 Å². The van der Waals surface area contributed by atoms with Crippen molar-refractivity contribution in [1.82, 2.24) is 5.32 Å². The lowest BCUT2D eigenvalue weighted by molar-refractivity contribution is -0.00409. The molecular weight excluding hydrogens is 162 g/mol. The molecule has 1 fully saturated rings. The third-order valence-corrected chi connectivity index (χ3v) is 2.72. The quantitative estimate of drug-likeness (QED) is 0.624. The Hall–Kier alpha value is -0.0800. The maximum absolute atomic E-state index is 5.75. The summed E-state index contributed by atoms with van der Waals surface area (Å²) in [6.07, 6.45) is 1.12. The fraction of sp³-hybridized carbons (Fsp3) is 1.00. The summed E-state index contributed by atoms with van der Waals surface area (Å²) in [4.78, 5) is 0. The van der Waals surface area contributed by atoms with E-state index in [1.165, 1.54) is 0 Å². The second kappa shape index (κ2) is 3.58. The van der Waals surface area contributed by atoms with Crippen LogP contribution in [-0.4, -0.2) is 24.8 Å². The zero-order valence-corrected chi connectivity index (χ0v) is 9.61. The van der Waals surface area contributed by atoms with Crippen LogP contribution in [0.2, 0.25) is 0 Å². The Kier molecular flexibility index (Phi) is 3.03. The lowest BCUT2D eigenvalue weighted by atomic mass is 9.85. The average molecular weight is 185 g/mol. The van der Waals surface area contributed by atoms with Crippen molar-refractivity contribution in [2.75, 3.05) is 13.2 Å². The molecule has 13 heavy (non-hydrogen) atoms. The van der Waals surface area contributed by atoms with Gasteiger partial charge in [0.05, 0.1) is 5.60 Å². The lowest BCUT2D eigenvalue weighted by Gasteiger charge is -2.30. The van der Waals surface area contributed by atoms with E-state index in [0.29, 0.717) is 11.5 Å². The maximum atomic E-state index is 5.75. The molecule has 1 rings (SSSR count). The molecule has 1 aliphatic rings. The van der Waals surface area contributed by atoms with Crippen LogP contribution in [0.4, 0.5) is 0 Å². The second-order valence-corrected chi connectivity index (χ2v) is 5.70. The molecule has 0 spiro atoms. The molecule has 1 N–H and O–H groups in total. The summed E-state index contributed by atoms with van der Waals surface area (Å²) in [6.45, 7) is 13.0. The minimum absolute atomic E-state index is 0. The topological polar surface area (TPSA) is 21.3 Å². The Morgan fingerprint density at radius 1 is 1.31 bits per heavy atom. The fourth-order valence-electron chi connectivity index (χ4n) is 1.71. The summed E-state index contributed by atoms with van der Waals surface area (Å²) in [5.74, 6) is 0. The normalized spacial score (nSPS) is 29.8. The van der Waals surface area contributed by atoms with Gasteiger partial charge >= 0.3 is 0 Å². The molecule has 0 aromatic carbocycles. The molecule has 1 aliphatic heterocycles. The molecule has 2 heteroatoms. The van der Waals surface area contributed by atoms with Crippen LogP contribution in [0.5, 0.6) is 0 Å². The Balaban J connectivity index is 2.55. The highest BCUT2D eigenvalue weighted by Gasteiger charge is 2.30. The molecule has 1 saturated heterocycles.